The van der Waals surface area contributed by atoms with Crippen LogP contribution in [0, 0.1) is 30.6 Å². The van der Waals surface area contributed by atoms with Gasteiger partial charge in [-0.05, 0) is 61.3 Å². The molecule has 2 saturated carbocycles. The molecular formula is C24H29NO4S. The number of ketones is 1. The van der Waals surface area contributed by atoms with Crippen molar-refractivity contribution in [1.82, 2.24) is 0 Å². The fourth-order valence-corrected chi connectivity index (χ4v) is 7.60. The lowest BCUT2D eigenvalue weighted by molar-refractivity contribution is -0.128. The number of phenolic OH excluding ortho intramolecular Hbond substituents is 1. The number of sulfonamides is 1. The zero-order valence-electron chi connectivity index (χ0n) is 18.0. The molecule has 0 saturated heterocycles. The zero-order valence-corrected chi connectivity index (χ0v) is 18.8. The van der Waals surface area contributed by atoms with Gasteiger partial charge in [-0.3, -0.25) is 9.52 Å². The van der Waals surface area contributed by atoms with Gasteiger partial charge in [-0.15, -0.1) is 0 Å². The maximum absolute atomic E-state index is 13.3. The summed E-state index contributed by atoms with van der Waals surface area (Å²) in [5, 5.41) is 10.5. The van der Waals surface area contributed by atoms with Crippen LogP contribution in [-0.2, 0) is 14.8 Å². The molecule has 2 aliphatic rings. The van der Waals surface area contributed by atoms with E-state index in [1.165, 1.54) is 0 Å². The molecule has 160 valence electrons. The van der Waals surface area contributed by atoms with E-state index in [1.54, 1.807) is 24.3 Å². The lowest BCUT2D eigenvalue weighted by atomic mass is 9.70. The fourth-order valence-electron chi connectivity index (χ4n) is 5.70. The molecule has 2 unspecified atom stereocenters. The zero-order chi connectivity index (χ0) is 21.9. The summed E-state index contributed by atoms with van der Waals surface area (Å²) in [6.45, 7) is 7.85. The Morgan fingerprint density at radius 3 is 2.27 bits per heavy atom. The van der Waals surface area contributed by atoms with Crippen molar-refractivity contribution in [2.75, 3.05) is 10.5 Å². The van der Waals surface area contributed by atoms with E-state index in [4.69, 9.17) is 0 Å². The Kier molecular flexibility index (Phi) is 4.77. The number of carbonyl (C=O) groups is 1. The van der Waals surface area contributed by atoms with Crippen molar-refractivity contribution in [3.63, 3.8) is 0 Å². The van der Waals surface area contributed by atoms with Crippen molar-refractivity contribution >= 4 is 21.5 Å². The monoisotopic (exact) mass is 427 g/mol. The summed E-state index contributed by atoms with van der Waals surface area (Å²) >= 11 is 0. The molecule has 2 bridgehead atoms. The summed E-state index contributed by atoms with van der Waals surface area (Å²) in [5.41, 5.74) is 2.28. The molecule has 2 fully saturated rings. The summed E-state index contributed by atoms with van der Waals surface area (Å²) in [7, 11) is -3.79. The summed E-state index contributed by atoms with van der Waals surface area (Å²) in [5.74, 6) is 0.248. The second kappa shape index (κ2) is 6.84. The molecule has 2 aromatic carbocycles. The highest BCUT2D eigenvalue weighted by Crippen LogP contribution is 2.64. The van der Waals surface area contributed by atoms with Gasteiger partial charge in [0.15, 0.2) is 0 Å². The van der Waals surface area contributed by atoms with E-state index in [9.17, 15) is 18.3 Å². The Balaban J connectivity index is 1.74. The Labute approximate surface area is 178 Å². The number of aromatic hydroxyl groups is 1. The maximum atomic E-state index is 13.3. The van der Waals surface area contributed by atoms with E-state index in [1.807, 2.05) is 39.8 Å². The molecule has 2 aromatic rings. The van der Waals surface area contributed by atoms with Gasteiger partial charge in [0.05, 0.1) is 16.9 Å². The lowest BCUT2D eigenvalue weighted by Crippen LogP contribution is -2.43. The van der Waals surface area contributed by atoms with Gasteiger partial charge < -0.3 is 5.11 Å². The third kappa shape index (κ3) is 3.04. The van der Waals surface area contributed by atoms with Crippen LogP contribution in [0.1, 0.15) is 44.2 Å². The summed E-state index contributed by atoms with van der Waals surface area (Å²) in [4.78, 5) is 12.8. The van der Waals surface area contributed by atoms with Crippen molar-refractivity contribution in [2.45, 2.75) is 47.0 Å². The molecule has 4 rings (SSSR count). The average Bonchev–Trinajstić information content (AvgIpc) is 2.97. The molecule has 2 aliphatic carbocycles. The number of hydrogen-bond donors (Lipinski definition) is 2. The molecule has 0 heterocycles. The molecule has 5 nitrogen and oxygen atoms in total. The second-order valence-electron chi connectivity index (χ2n) is 9.49. The predicted molar refractivity (Wildman–Crippen MR) is 119 cm³/mol. The van der Waals surface area contributed by atoms with Gasteiger partial charge in [0.2, 0.25) is 10.0 Å². The van der Waals surface area contributed by atoms with Gasteiger partial charge in [-0.1, -0.05) is 38.1 Å². The number of anilines is 1. The van der Waals surface area contributed by atoms with Gasteiger partial charge in [0, 0.05) is 17.5 Å². The number of aryl methyl sites for hydroxylation is 2. The van der Waals surface area contributed by atoms with E-state index in [0.29, 0.717) is 29.7 Å². The quantitative estimate of drug-likeness (QED) is 0.717. The largest absolute Gasteiger partial charge is 0.507 e. The topological polar surface area (TPSA) is 83.5 Å². The van der Waals surface area contributed by atoms with Crippen LogP contribution in [-0.4, -0.2) is 25.1 Å². The molecule has 0 spiro atoms. The van der Waals surface area contributed by atoms with Crippen LogP contribution < -0.4 is 4.72 Å². The summed E-state index contributed by atoms with van der Waals surface area (Å²) < 4.78 is 29.4. The molecule has 0 aromatic heterocycles. The van der Waals surface area contributed by atoms with Gasteiger partial charge in [0.1, 0.15) is 11.5 Å². The van der Waals surface area contributed by atoms with Crippen LogP contribution in [0.2, 0.25) is 0 Å². The van der Waals surface area contributed by atoms with Crippen molar-refractivity contribution < 1.29 is 18.3 Å². The Bertz CT molecular complexity index is 1120. The van der Waals surface area contributed by atoms with Gasteiger partial charge in [-0.2, -0.15) is 0 Å². The van der Waals surface area contributed by atoms with E-state index in [0.717, 1.165) is 17.5 Å². The maximum Gasteiger partial charge on any atom is 0.233 e. The van der Waals surface area contributed by atoms with E-state index in [-0.39, 0.29) is 28.6 Å². The number of Topliss-reactive ketones (excluding diaryl/α,β-unsaturated/α-hetero) is 1. The SMILES string of the molecule is Cc1cccc(O)c1-c1c(C)cccc1NS(=O)(=O)CC12CCC(CC1=O)C2(C)C. The predicted octanol–water partition coefficient (Wildman–Crippen LogP) is 4.81. The average molecular weight is 428 g/mol. The van der Waals surface area contributed by atoms with Crippen LogP contribution in [0.15, 0.2) is 36.4 Å². The molecular weight excluding hydrogens is 398 g/mol. The van der Waals surface area contributed by atoms with Crippen molar-refractivity contribution in [2.24, 2.45) is 16.7 Å². The number of benzene rings is 2. The smallest absolute Gasteiger partial charge is 0.233 e. The third-order valence-electron chi connectivity index (χ3n) is 7.61. The van der Waals surface area contributed by atoms with E-state index < -0.39 is 15.4 Å². The summed E-state index contributed by atoms with van der Waals surface area (Å²) in [6, 6.07) is 10.6. The minimum absolute atomic E-state index is 0.0788. The highest BCUT2D eigenvalue weighted by molar-refractivity contribution is 7.92. The first-order valence-corrected chi connectivity index (χ1v) is 12.1. The molecule has 2 N–H and O–H groups in total. The lowest BCUT2D eigenvalue weighted by Gasteiger charge is -2.36. The van der Waals surface area contributed by atoms with Gasteiger partial charge in [0.25, 0.3) is 0 Å². The van der Waals surface area contributed by atoms with Crippen molar-refractivity contribution in [3.8, 4) is 16.9 Å². The van der Waals surface area contributed by atoms with E-state index >= 15 is 0 Å². The molecule has 0 aliphatic heterocycles. The van der Waals surface area contributed by atoms with Crippen LogP contribution >= 0.6 is 0 Å². The van der Waals surface area contributed by atoms with Crippen LogP contribution in [0.3, 0.4) is 0 Å². The molecule has 0 radical (unpaired) electrons. The number of nitrogens with one attached hydrogen (secondary N) is 1. The molecule has 6 heteroatoms. The molecule has 2 atom stereocenters. The first-order chi connectivity index (χ1) is 14.0. The van der Waals surface area contributed by atoms with Crippen LogP contribution in [0.25, 0.3) is 11.1 Å². The number of rotatable bonds is 5. The van der Waals surface area contributed by atoms with E-state index in [2.05, 4.69) is 4.72 Å². The van der Waals surface area contributed by atoms with Crippen molar-refractivity contribution in [1.29, 1.82) is 0 Å². The Morgan fingerprint density at radius 2 is 1.70 bits per heavy atom. The molecule has 0 amide bonds. The highest BCUT2D eigenvalue weighted by Gasteiger charge is 2.65. The van der Waals surface area contributed by atoms with Gasteiger partial charge in [-0.25, -0.2) is 8.42 Å². The van der Waals surface area contributed by atoms with Crippen LogP contribution in [0.5, 0.6) is 5.75 Å². The second-order valence-corrected chi connectivity index (χ2v) is 11.2. The third-order valence-corrected chi connectivity index (χ3v) is 9.02. The Morgan fingerprint density at radius 1 is 1.07 bits per heavy atom. The number of hydrogen-bond acceptors (Lipinski definition) is 4. The Hall–Kier alpha value is -2.34. The van der Waals surface area contributed by atoms with Crippen LogP contribution in [0.4, 0.5) is 5.69 Å². The first kappa shape index (κ1) is 20.9. The van der Waals surface area contributed by atoms with Crippen molar-refractivity contribution in [3.05, 3.63) is 47.5 Å². The minimum atomic E-state index is -3.79. The first-order valence-electron chi connectivity index (χ1n) is 10.4. The number of fused-ring (bicyclic) bond motifs is 2. The standard InChI is InChI=1S/C24H29NO4S/c1-15-7-5-9-18(21(15)22-16(2)8-6-10-19(22)26)25-30(28,29)14-24-12-11-17(13-20(24)27)23(24,3)4/h5-10,17,25-26H,11-14H2,1-4H3. The normalized spacial score (nSPS) is 24.9. The highest BCUT2D eigenvalue weighted by atomic mass is 32.2. The molecule has 30 heavy (non-hydrogen) atoms. The van der Waals surface area contributed by atoms with Gasteiger partial charge >= 0.3 is 0 Å². The number of carbonyl (C=O) groups excluding carboxylic acids is 1. The minimum Gasteiger partial charge on any atom is -0.507 e. The summed E-state index contributed by atoms with van der Waals surface area (Å²) in [6.07, 6.45) is 2.01. The fraction of sp³-hybridized carbons (Fsp3) is 0.458. The number of phenols is 1.